The molecule has 1 aliphatic carbocycles. The normalized spacial score (nSPS) is 48.3. The van der Waals surface area contributed by atoms with Crippen LogP contribution in [-0.2, 0) is 9.47 Å². The number of nitrogens with two attached hydrogens (primary N) is 2. The third-order valence-electron chi connectivity index (χ3n) is 5.16. The number of aliphatic hydroxyl groups excluding tert-OH is 5. The molecule has 10 nitrogen and oxygen atoms in total. The summed E-state index contributed by atoms with van der Waals surface area (Å²) in [4.78, 5) is 0. The molecule has 2 rings (SSSR count). The van der Waals surface area contributed by atoms with Crippen molar-refractivity contribution in [2.24, 2.45) is 11.5 Å². The van der Waals surface area contributed by atoms with Gasteiger partial charge >= 0.3 is 0 Å². The first kappa shape index (κ1) is 21.9. The van der Waals surface area contributed by atoms with E-state index in [0.717, 1.165) is 6.42 Å². The van der Waals surface area contributed by atoms with Gasteiger partial charge in [0.05, 0.1) is 18.2 Å². The molecule has 0 spiro atoms. The lowest BCUT2D eigenvalue weighted by Crippen LogP contribution is -2.68. The minimum Gasteiger partial charge on any atom is -0.391 e. The van der Waals surface area contributed by atoms with Crippen molar-refractivity contribution in [3.8, 4) is 0 Å². The molecule has 1 saturated heterocycles. The van der Waals surface area contributed by atoms with Gasteiger partial charge in [-0.1, -0.05) is 6.92 Å². The van der Waals surface area contributed by atoms with Crippen LogP contribution in [0, 0.1) is 0 Å². The molecule has 1 heterocycles. The highest BCUT2D eigenvalue weighted by atomic mass is 16.7. The second-order valence-electron chi connectivity index (χ2n) is 7.31. The van der Waals surface area contributed by atoms with Crippen LogP contribution in [0.4, 0.5) is 0 Å². The Kier molecular flexibility index (Phi) is 7.74. The van der Waals surface area contributed by atoms with E-state index in [1.54, 1.807) is 0 Å². The van der Waals surface area contributed by atoms with E-state index in [1.807, 2.05) is 6.92 Å². The Bertz CT molecular complexity index is 444. The summed E-state index contributed by atoms with van der Waals surface area (Å²) >= 11 is 0. The maximum absolute atomic E-state index is 10.4. The van der Waals surface area contributed by atoms with Crippen LogP contribution in [0.2, 0.25) is 0 Å². The number of aliphatic hydroxyl groups is 5. The highest BCUT2D eigenvalue weighted by Crippen LogP contribution is 2.28. The molecule has 10 unspecified atom stereocenters. The Morgan fingerprint density at radius 1 is 1.12 bits per heavy atom. The van der Waals surface area contributed by atoms with Crippen molar-refractivity contribution >= 4 is 0 Å². The summed E-state index contributed by atoms with van der Waals surface area (Å²) in [6.07, 6.45) is -8.23. The first-order valence-corrected chi connectivity index (χ1v) is 9.14. The number of rotatable bonds is 6. The van der Waals surface area contributed by atoms with Crippen LogP contribution >= 0.6 is 0 Å². The van der Waals surface area contributed by atoms with Crippen LogP contribution in [0.15, 0.2) is 0 Å². The molecule has 2 aliphatic rings. The molecule has 1 saturated carbocycles. The van der Waals surface area contributed by atoms with E-state index in [4.69, 9.17) is 20.9 Å². The van der Waals surface area contributed by atoms with Crippen molar-refractivity contribution in [3.05, 3.63) is 0 Å². The molecule has 0 aromatic carbocycles. The largest absolute Gasteiger partial charge is 0.391 e. The molecule has 1 aliphatic heterocycles. The summed E-state index contributed by atoms with van der Waals surface area (Å²) in [5.74, 6) is 0. The van der Waals surface area contributed by atoms with E-state index in [2.05, 4.69) is 5.32 Å². The van der Waals surface area contributed by atoms with Gasteiger partial charge in [-0.3, -0.25) is 0 Å². The monoisotopic (exact) mass is 379 g/mol. The van der Waals surface area contributed by atoms with E-state index in [9.17, 15) is 25.5 Å². The number of hydrogen-bond donors (Lipinski definition) is 8. The maximum Gasteiger partial charge on any atom is 0.176 e. The van der Waals surface area contributed by atoms with Gasteiger partial charge in [-0.15, -0.1) is 0 Å². The molecule has 0 aromatic rings. The SMILES string of the molecule is CCCNC1CC(N)C(OC2OC([C@@H](C)O)C(O)C(O)C2N)C(O)C1O. The zero-order chi connectivity index (χ0) is 19.6. The molecule has 26 heavy (non-hydrogen) atoms. The molecule has 0 radical (unpaired) electrons. The molecular weight excluding hydrogens is 346 g/mol. The van der Waals surface area contributed by atoms with Gasteiger partial charge in [0.1, 0.15) is 30.5 Å². The van der Waals surface area contributed by atoms with E-state index in [-0.39, 0.29) is 6.04 Å². The van der Waals surface area contributed by atoms with Crippen molar-refractivity contribution < 1.29 is 35.0 Å². The maximum atomic E-state index is 10.4. The lowest BCUT2D eigenvalue weighted by molar-refractivity contribution is -0.301. The quantitative estimate of drug-likeness (QED) is 0.229. The lowest BCUT2D eigenvalue weighted by Gasteiger charge is -2.47. The standard InChI is InChI=1S/C16H33N3O7/c1-3-4-19-8-5-7(17)15(12(23)10(8)21)26-16-9(18)11(22)13(24)14(25-16)6(2)20/h6-16,19-24H,3-5,17-18H2,1-2H3/t6-,7?,8?,9?,10?,11?,12?,13?,14?,15?,16?/m1/s1. The lowest BCUT2D eigenvalue weighted by atomic mass is 9.84. The molecule has 0 aromatic heterocycles. The zero-order valence-electron chi connectivity index (χ0n) is 15.2. The predicted molar refractivity (Wildman–Crippen MR) is 91.9 cm³/mol. The van der Waals surface area contributed by atoms with Crippen molar-refractivity contribution in [2.45, 2.75) is 93.8 Å². The van der Waals surface area contributed by atoms with Gasteiger partial charge < -0.3 is 51.8 Å². The predicted octanol–water partition coefficient (Wildman–Crippen LogP) is -3.65. The van der Waals surface area contributed by atoms with E-state index in [1.165, 1.54) is 6.92 Å². The first-order chi connectivity index (χ1) is 12.2. The van der Waals surface area contributed by atoms with Crippen LogP contribution < -0.4 is 16.8 Å². The smallest absolute Gasteiger partial charge is 0.176 e. The van der Waals surface area contributed by atoms with Gasteiger partial charge in [0, 0.05) is 12.1 Å². The van der Waals surface area contributed by atoms with Crippen LogP contribution in [0.1, 0.15) is 26.7 Å². The minimum atomic E-state index is -1.38. The summed E-state index contributed by atoms with van der Waals surface area (Å²) in [5, 5.41) is 53.7. The fourth-order valence-electron chi connectivity index (χ4n) is 3.55. The summed E-state index contributed by atoms with van der Waals surface area (Å²) in [6.45, 7) is 4.08. The highest BCUT2D eigenvalue weighted by Gasteiger charge is 2.49. The van der Waals surface area contributed by atoms with Crippen LogP contribution in [0.5, 0.6) is 0 Å². The Labute approximate surface area is 153 Å². The van der Waals surface area contributed by atoms with Crippen molar-refractivity contribution in [3.63, 3.8) is 0 Å². The number of nitrogens with one attached hydrogen (secondary N) is 1. The Morgan fingerprint density at radius 3 is 2.35 bits per heavy atom. The van der Waals surface area contributed by atoms with Gasteiger partial charge in [0.25, 0.3) is 0 Å². The summed E-state index contributed by atoms with van der Waals surface area (Å²) < 4.78 is 11.2. The Balaban J connectivity index is 2.06. The van der Waals surface area contributed by atoms with Crippen LogP contribution in [0.3, 0.4) is 0 Å². The Hall–Kier alpha value is -0.400. The third kappa shape index (κ3) is 4.53. The Morgan fingerprint density at radius 2 is 1.77 bits per heavy atom. The second-order valence-corrected chi connectivity index (χ2v) is 7.31. The molecule has 10 N–H and O–H groups in total. The van der Waals surface area contributed by atoms with Gasteiger partial charge in [0.2, 0.25) is 0 Å². The fraction of sp³-hybridized carbons (Fsp3) is 1.00. The third-order valence-corrected chi connectivity index (χ3v) is 5.16. The molecular formula is C16H33N3O7. The average molecular weight is 379 g/mol. The van der Waals surface area contributed by atoms with E-state index < -0.39 is 61.1 Å². The van der Waals surface area contributed by atoms with Crippen molar-refractivity contribution in [2.75, 3.05) is 6.54 Å². The summed E-state index contributed by atoms with van der Waals surface area (Å²) in [7, 11) is 0. The average Bonchev–Trinajstić information content (AvgIpc) is 2.60. The molecule has 11 atom stereocenters. The second kappa shape index (κ2) is 9.20. The number of ether oxygens (including phenoxy) is 2. The summed E-state index contributed by atoms with van der Waals surface area (Å²) in [5.41, 5.74) is 12.0. The van der Waals surface area contributed by atoms with Gasteiger partial charge in [-0.2, -0.15) is 0 Å². The first-order valence-electron chi connectivity index (χ1n) is 9.14. The number of hydrogen-bond acceptors (Lipinski definition) is 10. The topological polar surface area (TPSA) is 184 Å². The van der Waals surface area contributed by atoms with Gasteiger partial charge in [-0.25, -0.2) is 0 Å². The molecule has 154 valence electrons. The molecule has 0 bridgehead atoms. The minimum absolute atomic E-state index is 0.363. The summed E-state index contributed by atoms with van der Waals surface area (Å²) in [6, 6.07) is -2.07. The van der Waals surface area contributed by atoms with Gasteiger partial charge in [-0.05, 0) is 26.3 Å². The van der Waals surface area contributed by atoms with E-state index >= 15 is 0 Å². The van der Waals surface area contributed by atoms with E-state index in [0.29, 0.717) is 13.0 Å². The molecule has 2 fully saturated rings. The molecule has 10 heteroatoms. The van der Waals surface area contributed by atoms with Crippen molar-refractivity contribution in [1.82, 2.24) is 5.32 Å². The van der Waals surface area contributed by atoms with Gasteiger partial charge in [0.15, 0.2) is 6.29 Å². The fourth-order valence-corrected chi connectivity index (χ4v) is 3.55. The molecule has 0 amide bonds. The van der Waals surface area contributed by atoms with Crippen LogP contribution in [0.25, 0.3) is 0 Å². The zero-order valence-corrected chi connectivity index (χ0v) is 15.2. The van der Waals surface area contributed by atoms with Crippen molar-refractivity contribution in [1.29, 1.82) is 0 Å². The highest BCUT2D eigenvalue weighted by molar-refractivity contribution is 5.00. The van der Waals surface area contributed by atoms with Crippen LogP contribution in [-0.4, -0.2) is 99.2 Å².